The van der Waals surface area contributed by atoms with Crippen molar-refractivity contribution < 1.29 is 17.9 Å². The summed E-state index contributed by atoms with van der Waals surface area (Å²) in [7, 11) is 0. The van der Waals surface area contributed by atoms with Gasteiger partial charge in [0.05, 0.1) is 12.8 Å². The van der Waals surface area contributed by atoms with Crippen molar-refractivity contribution in [2.24, 2.45) is 5.84 Å². The number of pyridine rings is 1. The van der Waals surface area contributed by atoms with E-state index in [1.165, 1.54) is 12.3 Å². The third-order valence-corrected chi connectivity index (χ3v) is 1.87. The molecule has 0 aromatic carbocycles. The molecular formula is C9H12F3N3O. The second-order valence-electron chi connectivity index (χ2n) is 3.03. The van der Waals surface area contributed by atoms with Gasteiger partial charge in [0.1, 0.15) is 11.8 Å². The molecule has 16 heavy (non-hydrogen) atoms. The minimum absolute atomic E-state index is 0.0825. The first-order valence-corrected chi connectivity index (χ1v) is 4.59. The Balaban J connectivity index is 2.97. The molecule has 0 fully saturated rings. The summed E-state index contributed by atoms with van der Waals surface area (Å²) in [5.74, 6) is 5.16. The van der Waals surface area contributed by atoms with E-state index in [-0.39, 0.29) is 11.3 Å². The molecule has 1 rings (SSSR count). The third kappa shape index (κ3) is 3.07. The predicted octanol–water partition coefficient (Wildman–Crippen LogP) is 1.55. The third-order valence-electron chi connectivity index (χ3n) is 1.87. The van der Waals surface area contributed by atoms with Gasteiger partial charge in [-0.3, -0.25) is 10.8 Å². The average Bonchev–Trinajstić information content (AvgIpc) is 2.17. The van der Waals surface area contributed by atoms with Gasteiger partial charge in [0, 0.05) is 11.8 Å². The van der Waals surface area contributed by atoms with Crippen molar-refractivity contribution in [3.63, 3.8) is 0 Å². The van der Waals surface area contributed by atoms with Crippen molar-refractivity contribution in [3.8, 4) is 5.75 Å². The van der Waals surface area contributed by atoms with Crippen LogP contribution in [0.2, 0.25) is 0 Å². The summed E-state index contributed by atoms with van der Waals surface area (Å²) >= 11 is 0. The number of nitrogens with two attached hydrogens (primary N) is 1. The molecule has 3 N–H and O–H groups in total. The van der Waals surface area contributed by atoms with E-state index in [0.717, 1.165) is 6.20 Å². The van der Waals surface area contributed by atoms with Gasteiger partial charge in [-0.25, -0.2) is 5.43 Å². The number of nitrogens with one attached hydrogen (secondary N) is 1. The Morgan fingerprint density at radius 3 is 2.69 bits per heavy atom. The molecule has 7 heteroatoms. The number of hydrazine groups is 1. The minimum Gasteiger partial charge on any atom is -0.492 e. The second kappa shape index (κ2) is 5.13. The van der Waals surface area contributed by atoms with E-state index in [4.69, 9.17) is 10.6 Å². The van der Waals surface area contributed by atoms with Crippen molar-refractivity contribution in [2.45, 2.75) is 19.1 Å². The van der Waals surface area contributed by atoms with Crippen LogP contribution in [0.15, 0.2) is 18.5 Å². The highest BCUT2D eigenvalue weighted by Crippen LogP contribution is 2.32. The van der Waals surface area contributed by atoms with Gasteiger partial charge < -0.3 is 4.74 Å². The van der Waals surface area contributed by atoms with E-state index in [1.54, 1.807) is 12.3 Å². The Labute approximate surface area is 90.6 Å². The highest BCUT2D eigenvalue weighted by atomic mass is 19.4. The number of hydrogen-bond acceptors (Lipinski definition) is 4. The molecule has 90 valence electrons. The van der Waals surface area contributed by atoms with Crippen LogP contribution < -0.4 is 16.0 Å². The fraction of sp³-hybridized carbons (Fsp3) is 0.444. The van der Waals surface area contributed by atoms with Gasteiger partial charge in [0.2, 0.25) is 0 Å². The largest absolute Gasteiger partial charge is 0.492 e. The highest BCUT2D eigenvalue weighted by Gasteiger charge is 2.40. The summed E-state index contributed by atoms with van der Waals surface area (Å²) in [4.78, 5) is 3.67. The molecule has 1 atom stereocenters. The normalized spacial score (nSPS) is 13.6. The van der Waals surface area contributed by atoms with Crippen LogP contribution >= 0.6 is 0 Å². The van der Waals surface area contributed by atoms with Crippen LogP contribution in [0.3, 0.4) is 0 Å². The zero-order valence-corrected chi connectivity index (χ0v) is 8.58. The van der Waals surface area contributed by atoms with Crippen molar-refractivity contribution >= 4 is 0 Å². The SMILES string of the molecule is CCOc1cncc(C(NN)C(F)(F)F)c1. The molecule has 0 radical (unpaired) electrons. The Kier molecular flexibility index (Phi) is 4.08. The summed E-state index contributed by atoms with van der Waals surface area (Å²) in [5.41, 5.74) is 1.62. The van der Waals surface area contributed by atoms with Crippen LogP contribution in [-0.4, -0.2) is 17.8 Å². The second-order valence-corrected chi connectivity index (χ2v) is 3.03. The molecule has 1 aromatic heterocycles. The first-order chi connectivity index (χ1) is 7.49. The highest BCUT2D eigenvalue weighted by molar-refractivity contribution is 5.26. The zero-order valence-electron chi connectivity index (χ0n) is 8.58. The number of hydrogen-bond donors (Lipinski definition) is 2. The van der Waals surface area contributed by atoms with Crippen LogP contribution in [0.4, 0.5) is 13.2 Å². The molecule has 0 amide bonds. The molecule has 0 aliphatic rings. The Morgan fingerprint density at radius 1 is 1.50 bits per heavy atom. The van der Waals surface area contributed by atoms with Crippen LogP contribution in [0.25, 0.3) is 0 Å². The van der Waals surface area contributed by atoms with Crippen LogP contribution in [0.1, 0.15) is 18.5 Å². The first kappa shape index (κ1) is 12.7. The molecule has 1 aromatic rings. The number of rotatable bonds is 4. The molecule has 4 nitrogen and oxygen atoms in total. The van der Waals surface area contributed by atoms with E-state index in [2.05, 4.69) is 4.98 Å². The minimum atomic E-state index is -4.47. The van der Waals surface area contributed by atoms with Crippen molar-refractivity contribution in [2.75, 3.05) is 6.61 Å². The maximum atomic E-state index is 12.5. The van der Waals surface area contributed by atoms with Gasteiger partial charge in [0.25, 0.3) is 0 Å². The summed E-state index contributed by atoms with van der Waals surface area (Å²) in [5, 5.41) is 0. The van der Waals surface area contributed by atoms with Crippen molar-refractivity contribution in [1.29, 1.82) is 0 Å². The summed E-state index contributed by atoms with van der Waals surface area (Å²) in [6, 6.07) is -0.686. The summed E-state index contributed by atoms with van der Waals surface area (Å²) < 4.78 is 42.6. The molecule has 0 aliphatic carbocycles. The van der Waals surface area contributed by atoms with E-state index in [0.29, 0.717) is 6.61 Å². The summed E-state index contributed by atoms with van der Waals surface area (Å²) in [6.45, 7) is 2.09. The number of ether oxygens (including phenoxy) is 1. The lowest BCUT2D eigenvalue weighted by atomic mass is 10.1. The van der Waals surface area contributed by atoms with Gasteiger partial charge in [-0.15, -0.1) is 0 Å². The molecule has 0 saturated carbocycles. The van der Waals surface area contributed by atoms with Gasteiger partial charge in [-0.2, -0.15) is 13.2 Å². The van der Waals surface area contributed by atoms with Crippen LogP contribution in [0, 0.1) is 0 Å². The lowest BCUT2D eigenvalue weighted by Crippen LogP contribution is -2.38. The predicted molar refractivity (Wildman–Crippen MR) is 51.5 cm³/mol. The van der Waals surface area contributed by atoms with Gasteiger partial charge in [0.15, 0.2) is 0 Å². The maximum absolute atomic E-state index is 12.5. The standard InChI is InChI=1S/C9H12F3N3O/c1-2-16-7-3-6(4-14-5-7)8(15-13)9(10,11)12/h3-5,8,15H,2,13H2,1H3. The first-order valence-electron chi connectivity index (χ1n) is 4.59. The van der Waals surface area contributed by atoms with Crippen molar-refractivity contribution in [1.82, 2.24) is 10.4 Å². The quantitative estimate of drug-likeness (QED) is 0.614. The van der Waals surface area contributed by atoms with E-state index < -0.39 is 12.2 Å². The number of halogens is 3. The molecule has 0 saturated heterocycles. The molecular weight excluding hydrogens is 223 g/mol. The monoisotopic (exact) mass is 235 g/mol. The molecule has 1 unspecified atom stereocenters. The van der Waals surface area contributed by atoms with E-state index >= 15 is 0 Å². The van der Waals surface area contributed by atoms with Crippen molar-refractivity contribution in [3.05, 3.63) is 24.0 Å². The van der Waals surface area contributed by atoms with E-state index in [1.807, 2.05) is 0 Å². The molecule has 0 aliphatic heterocycles. The average molecular weight is 235 g/mol. The number of aromatic nitrogens is 1. The van der Waals surface area contributed by atoms with Crippen LogP contribution in [0.5, 0.6) is 5.75 Å². The Bertz CT molecular complexity index is 343. The van der Waals surface area contributed by atoms with Gasteiger partial charge >= 0.3 is 6.18 Å². The molecule has 1 heterocycles. The fourth-order valence-electron chi connectivity index (χ4n) is 1.22. The topological polar surface area (TPSA) is 60.2 Å². The smallest absolute Gasteiger partial charge is 0.409 e. The Hall–Kier alpha value is -1.34. The number of alkyl halides is 3. The lowest BCUT2D eigenvalue weighted by Gasteiger charge is -2.19. The molecule has 0 bridgehead atoms. The van der Waals surface area contributed by atoms with E-state index in [9.17, 15) is 13.2 Å². The van der Waals surface area contributed by atoms with Gasteiger partial charge in [-0.1, -0.05) is 0 Å². The number of nitrogens with zero attached hydrogens (tertiary/aromatic N) is 1. The molecule has 0 spiro atoms. The maximum Gasteiger partial charge on any atom is 0.409 e. The van der Waals surface area contributed by atoms with Gasteiger partial charge in [-0.05, 0) is 13.0 Å². The lowest BCUT2D eigenvalue weighted by molar-refractivity contribution is -0.157. The van der Waals surface area contributed by atoms with Crippen LogP contribution in [-0.2, 0) is 0 Å². The Morgan fingerprint density at radius 2 is 2.19 bits per heavy atom. The fourth-order valence-corrected chi connectivity index (χ4v) is 1.22. The summed E-state index contributed by atoms with van der Waals surface area (Å²) in [6.07, 6.45) is -2.03. The zero-order chi connectivity index (χ0) is 12.2.